The molecule has 0 unspecified atom stereocenters. The summed E-state index contributed by atoms with van der Waals surface area (Å²) in [4.78, 5) is 11.4. The second kappa shape index (κ2) is 4.14. The van der Waals surface area contributed by atoms with Crippen molar-refractivity contribution in [3.05, 3.63) is 47.3 Å². The molecule has 15 heavy (non-hydrogen) atoms. The van der Waals surface area contributed by atoms with Crippen LogP contribution in [0.25, 0.3) is 0 Å². The predicted octanol–water partition coefficient (Wildman–Crippen LogP) is 2.55. The van der Waals surface area contributed by atoms with Gasteiger partial charge in [0, 0.05) is 11.1 Å². The number of benzene rings is 1. The Bertz CT molecular complexity index is 450. The maximum absolute atomic E-state index is 11.4. The Morgan fingerprint density at radius 3 is 2.60 bits per heavy atom. The molecular weight excluding hydrogens is 218 g/mol. The lowest BCUT2D eigenvalue weighted by Gasteiger charge is -2.00. The van der Waals surface area contributed by atoms with Crippen LogP contribution in [0.5, 0.6) is 5.75 Å². The zero-order valence-corrected chi connectivity index (χ0v) is 8.27. The molecule has 0 spiro atoms. The number of ether oxygens (including phenoxy) is 1. The first-order chi connectivity index (χ1) is 7.25. The molecule has 1 aromatic carbocycles. The molecule has 0 bridgehead atoms. The molecule has 2 rings (SSSR count). The van der Waals surface area contributed by atoms with E-state index in [0.29, 0.717) is 10.8 Å². The van der Waals surface area contributed by atoms with E-state index in [0.717, 1.165) is 0 Å². The summed E-state index contributed by atoms with van der Waals surface area (Å²) in [6.07, 6.45) is 1.30. The van der Waals surface area contributed by atoms with Crippen LogP contribution in [0.3, 0.4) is 0 Å². The van der Waals surface area contributed by atoms with Gasteiger partial charge in [0.15, 0.2) is 5.69 Å². The van der Waals surface area contributed by atoms with Gasteiger partial charge in [0.25, 0.3) is 0 Å². The minimum atomic E-state index is -0.564. The van der Waals surface area contributed by atoms with E-state index < -0.39 is 5.97 Å². The molecule has 0 saturated heterocycles. The van der Waals surface area contributed by atoms with Gasteiger partial charge >= 0.3 is 5.97 Å². The van der Waals surface area contributed by atoms with Crippen molar-refractivity contribution in [2.45, 2.75) is 0 Å². The van der Waals surface area contributed by atoms with Crippen LogP contribution in [0, 0.1) is 0 Å². The third-order valence-electron chi connectivity index (χ3n) is 1.67. The number of nitrogens with zero attached hydrogens (tertiary/aromatic N) is 1. The number of carbonyl (C=O) groups is 1. The Hall–Kier alpha value is -1.81. The maximum atomic E-state index is 11.4. The summed E-state index contributed by atoms with van der Waals surface area (Å²) < 4.78 is 9.51. The first kappa shape index (κ1) is 9.73. The molecule has 1 aromatic heterocycles. The van der Waals surface area contributed by atoms with Crippen LogP contribution in [-0.4, -0.2) is 11.1 Å². The van der Waals surface area contributed by atoms with Crippen LogP contribution in [0.1, 0.15) is 10.5 Å². The average Bonchev–Trinajstić information content (AvgIpc) is 2.74. The monoisotopic (exact) mass is 223 g/mol. The molecule has 0 radical (unpaired) electrons. The van der Waals surface area contributed by atoms with E-state index >= 15 is 0 Å². The third-order valence-corrected chi connectivity index (χ3v) is 1.92. The highest BCUT2D eigenvalue weighted by molar-refractivity contribution is 6.30. The van der Waals surface area contributed by atoms with Crippen molar-refractivity contribution in [3.8, 4) is 5.75 Å². The zero-order chi connectivity index (χ0) is 10.7. The van der Waals surface area contributed by atoms with Gasteiger partial charge in [-0.1, -0.05) is 16.8 Å². The molecule has 76 valence electrons. The van der Waals surface area contributed by atoms with E-state index in [2.05, 4.69) is 9.68 Å². The van der Waals surface area contributed by atoms with Crippen LogP contribution in [-0.2, 0) is 0 Å². The Morgan fingerprint density at radius 1 is 1.27 bits per heavy atom. The third kappa shape index (κ3) is 2.35. The van der Waals surface area contributed by atoms with Gasteiger partial charge in [-0.15, -0.1) is 0 Å². The molecule has 0 aliphatic carbocycles. The van der Waals surface area contributed by atoms with Crippen molar-refractivity contribution in [2.75, 3.05) is 0 Å². The van der Waals surface area contributed by atoms with Gasteiger partial charge in [0.2, 0.25) is 0 Å². The quantitative estimate of drug-likeness (QED) is 0.580. The lowest BCUT2D eigenvalue weighted by molar-refractivity contribution is 0.0724. The molecule has 0 amide bonds. The lowest BCUT2D eigenvalue weighted by Crippen LogP contribution is -2.08. The molecule has 5 heteroatoms. The van der Waals surface area contributed by atoms with Crippen molar-refractivity contribution in [1.29, 1.82) is 0 Å². The van der Waals surface area contributed by atoms with Crippen molar-refractivity contribution < 1.29 is 14.1 Å². The molecule has 1 heterocycles. The maximum Gasteiger partial charge on any atom is 0.365 e. The van der Waals surface area contributed by atoms with Crippen LogP contribution in [0.4, 0.5) is 0 Å². The van der Waals surface area contributed by atoms with Gasteiger partial charge < -0.3 is 9.26 Å². The van der Waals surface area contributed by atoms with Crippen molar-refractivity contribution >= 4 is 17.6 Å². The van der Waals surface area contributed by atoms with E-state index in [-0.39, 0.29) is 5.69 Å². The summed E-state index contributed by atoms with van der Waals surface area (Å²) in [5, 5.41) is 4.03. The molecule has 0 aliphatic heterocycles. The van der Waals surface area contributed by atoms with E-state index in [9.17, 15) is 4.79 Å². The van der Waals surface area contributed by atoms with Crippen molar-refractivity contribution in [3.63, 3.8) is 0 Å². The van der Waals surface area contributed by atoms with Gasteiger partial charge in [0.05, 0.1) is 0 Å². The minimum Gasteiger partial charge on any atom is -0.422 e. The zero-order valence-electron chi connectivity index (χ0n) is 7.51. The number of aromatic nitrogens is 1. The molecule has 0 saturated carbocycles. The van der Waals surface area contributed by atoms with E-state index in [4.69, 9.17) is 16.3 Å². The minimum absolute atomic E-state index is 0.130. The second-order valence-electron chi connectivity index (χ2n) is 2.73. The molecule has 0 N–H and O–H groups in total. The van der Waals surface area contributed by atoms with E-state index in [1.54, 1.807) is 24.3 Å². The van der Waals surface area contributed by atoms with Crippen molar-refractivity contribution in [1.82, 2.24) is 5.16 Å². The normalized spacial score (nSPS) is 9.93. The fourth-order valence-corrected chi connectivity index (χ4v) is 1.11. The molecule has 4 nitrogen and oxygen atoms in total. The predicted molar refractivity (Wildman–Crippen MR) is 52.9 cm³/mol. The van der Waals surface area contributed by atoms with Crippen LogP contribution in [0.15, 0.2) is 41.1 Å². The summed E-state index contributed by atoms with van der Waals surface area (Å²) in [6, 6.07) is 7.89. The highest BCUT2D eigenvalue weighted by Gasteiger charge is 2.11. The number of hydrogen-bond acceptors (Lipinski definition) is 4. The molecule has 0 atom stereocenters. The summed E-state index contributed by atoms with van der Waals surface area (Å²) >= 11 is 5.68. The smallest absolute Gasteiger partial charge is 0.365 e. The summed E-state index contributed by atoms with van der Waals surface area (Å²) in [7, 11) is 0. The van der Waals surface area contributed by atoms with Crippen molar-refractivity contribution in [2.24, 2.45) is 0 Å². The Morgan fingerprint density at radius 2 is 2.00 bits per heavy atom. The Kier molecular flexibility index (Phi) is 2.69. The number of halogens is 1. The van der Waals surface area contributed by atoms with E-state index in [1.807, 2.05) is 0 Å². The number of rotatable bonds is 2. The number of hydrogen-bond donors (Lipinski definition) is 0. The second-order valence-corrected chi connectivity index (χ2v) is 3.16. The summed E-state index contributed by atoms with van der Waals surface area (Å²) in [5.41, 5.74) is 0.130. The van der Waals surface area contributed by atoms with Gasteiger partial charge in [0.1, 0.15) is 12.0 Å². The molecule has 0 fully saturated rings. The summed E-state index contributed by atoms with van der Waals surface area (Å²) in [5.74, 6) is -0.154. The standard InChI is InChI=1S/C10H6ClNO3/c11-7-1-3-8(4-2-7)15-10(13)9-5-6-14-12-9/h1-6H. The van der Waals surface area contributed by atoms with Crippen LogP contribution in [0.2, 0.25) is 5.02 Å². The molecule has 2 aromatic rings. The fraction of sp³-hybridized carbons (Fsp3) is 0. The Balaban J connectivity index is 2.09. The fourth-order valence-electron chi connectivity index (χ4n) is 0.980. The molecular formula is C10H6ClNO3. The largest absolute Gasteiger partial charge is 0.422 e. The number of carbonyl (C=O) groups excluding carboxylic acids is 1. The highest BCUT2D eigenvalue weighted by Crippen LogP contribution is 2.16. The SMILES string of the molecule is O=C(Oc1ccc(Cl)cc1)c1ccon1. The average molecular weight is 224 g/mol. The number of esters is 1. The highest BCUT2D eigenvalue weighted by atomic mass is 35.5. The van der Waals surface area contributed by atoms with Gasteiger partial charge in [-0.2, -0.15) is 0 Å². The lowest BCUT2D eigenvalue weighted by atomic mass is 10.3. The Labute approximate surface area is 90.4 Å². The topological polar surface area (TPSA) is 52.3 Å². The van der Waals surface area contributed by atoms with Gasteiger partial charge in [-0.25, -0.2) is 4.79 Å². The van der Waals surface area contributed by atoms with Crippen LogP contribution < -0.4 is 4.74 Å². The van der Waals surface area contributed by atoms with Crippen LogP contribution >= 0.6 is 11.6 Å². The molecule has 0 aliphatic rings. The van der Waals surface area contributed by atoms with Gasteiger partial charge in [-0.3, -0.25) is 0 Å². The van der Waals surface area contributed by atoms with Gasteiger partial charge in [-0.05, 0) is 24.3 Å². The van der Waals surface area contributed by atoms with E-state index in [1.165, 1.54) is 12.3 Å². The summed E-state index contributed by atoms with van der Waals surface area (Å²) in [6.45, 7) is 0. The first-order valence-corrected chi connectivity index (χ1v) is 4.51. The first-order valence-electron chi connectivity index (χ1n) is 4.14.